The number of unbranched alkanes of at least 4 members (excludes halogenated alkanes) is 11. The summed E-state index contributed by atoms with van der Waals surface area (Å²) in [5, 5.41) is 45.7. The summed E-state index contributed by atoms with van der Waals surface area (Å²) in [6, 6.07) is 1.22. The van der Waals surface area contributed by atoms with Crippen LogP contribution in [0.5, 0.6) is 0 Å². The molecule has 0 amide bonds. The summed E-state index contributed by atoms with van der Waals surface area (Å²) in [5.41, 5.74) is 4.74. The van der Waals surface area contributed by atoms with E-state index in [0.29, 0.717) is 19.3 Å². The number of aliphatic hydroxyl groups excluding tert-OH is 4. The number of aromatic nitrogens is 2. The van der Waals surface area contributed by atoms with E-state index in [2.05, 4.69) is 28.4 Å². The molecule has 21 nitrogen and oxygen atoms in total. The summed E-state index contributed by atoms with van der Waals surface area (Å²) in [6.07, 6.45) is 12.6. The molecule has 2 aliphatic rings. The molecule has 2 bridgehead atoms. The van der Waals surface area contributed by atoms with Gasteiger partial charge in [0.1, 0.15) is 36.6 Å². The number of carbonyl (C=O) groups is 3. The third kappa shape index (κ3) is 24.4. The number of ether oxygens (including phenoxy) is 3. The van der Waals surface area contributed by atoms with Gasteiger partial charge in [-0.2, -0.15) is 9.29 Å². The highest BCUT2D eigenvalue weighted by Crippen LogP contribution is 2.60. The number of fused-ring (bicyclic) bond motifs is 3. The molecule has 0 radical (unpaired) electrons. The highest BCUT2D eigenvalue weighted by Gasteiger charge is 2.45. The molecule has 1 aromatic heterocycles. The van der Waals surface area contributed by atoms with Gasteiger partial charge < -0.3 is 50.2 Å². The van der Waals surface area contributed by atoms with E-state index in [4.69, 9.17) is 29.0 Å². The Hall–Kier alpha value is -3.43. The number of carbonyl (C=O) groups excluding carboxylic acids is 3. The monoisotopic (exact) mass is 1050 g/mol. The van der Waals surface area contributed by atoms with E-state index in [1.165, 1.54) is 43.9 Å². The fourth-order valence-corrected chi connectivity index (χ4v) is 10.1. The lowest BCUT2D eigenvalue weighted by Crippen LogP contribution is -2.51. The van der Waals surface area contributed by atoms with Gasteiger partial charge in [-0.25, -0.2) is 13.9 Å². The van der Waals surface area contributed by atoms with Gasteiger partial charge >= 0.3 is 33.3 Å². The molecular formula is C48H79N3O18P2. The van der Waals surface area contributed by atoms with Crippen LogP contribution < -0.4 is 11.4 Å². The van der Waals surface area contributed by atoms with Gasteiger partial charge in [-0.05, 0) is 63.9 Å². The third-order valence-electron chi connectivity index (χ3n) is 12.1. The highest BCUT2D eigenvalue weighted by atomic mass is 31.3. The van der Waals surface area contributed by atoms with Crippen molar-refractivity contribution < 1.29 is 81.3 Å². The number of hydrogen-bond donors (Lipinski definition) is 7. The zero-order valence-electron chi connectivity index (χ0n) is 41.2. The van der Waals surface area contributed by atoms with Crippen molar-refractivity contribution in [3.63, 3.8) is 0 Å². The van der Waals surface area contributed by atoms with E-state index >= 15 is 0 Å². The summed E-state index contributed by atoms with van der Waals surface area (Å²) in [7, 11) is -11.3. The molecule has 2 aliphatic heterocycles. The molecular weight excluding hydrogens is 968 g/mol. The molecule has 0 spiro atoms. The maximum Gasteiger partial charge on any atom is 0.481 e. The Balaban J connectivity index is 1.86. The van der Waals surface area contributed by atoms with Crippen LogP contribution in [0.25, 0.3) is 0 Å². The first-order valence-electron chi connectivity index (χ1n) is 25.1. The van der Waals surface area contributed by atoms with E-state index in [9.17, 15) is 58.5 Å². The lowest BCUT2D eigenvalue weighted by atomic mass is 9.83. The number of esters is 2. The largest absolute Gasteiger partial charge is 0.481 e. The number of phosphoric ester groups is 2. The predicted octanol–water partition coefficient (Wildman–Crippen LogP) is 6.59. The number of aliphatic hydroxyl groups is 4. The molecule has 1 fully saturated rings. The van der Waals surface area contributed by atoms with Crippen molar-refractivity contribution in [2.24, 2.45) is 11.8 Å². The number of nitrogens with zero attached hydrogens (tertiary/aromatic N) is 2. The quantitative estimate of drug-likeness (QED) is 0.0295. The second-order valence-electron chi connectivity index (χ2n) is 18.1. The predicted molar refractivity (Wildman–Crippen MR) is 262 cm³/mol. The Morgan fingerprint density at radius 1 is 0.887 bits per heavy atom. The normalized spacial score (nSPS) is 30.1. The number of nitrogens with two attached hydrogens (primary N) is 1. The van der Waals surface area contributed by atoms with E-state index in [1.807, 2.05) is 6.92 Å². The molecule has 8 N–H and O–H groups in total. The van der Waals surface area contributed by atoms with Gasteiger partial charge in [0, 0.05) is 31.4 Å². The smallest absolute Gasteiger partial charge is 0.462 e. The van der Waals surface area contributed by atoms with Crippen LogP contribution in [0.3, 0.4) is 0 Å². The molecule has 71 heavy (non-hydrogen) atoms. The molecule has 0 saturated carbocycles. The second kappa shape index (κ2) is 33.4. The van der Waals surface area contributed by atoms with Crippen LogP contribution in [0.15, 0.2) is 53.5 Å². The molecule has 404 valence electrons. The number of nitrogen functional groups attached to an aromatic ring is 1. The highest BCUT2D eigenvalue weighted by molar-refractivity contribution is 7.61. The van der Waals surface area contributed by atoms with Crippen molar-refractivity contribution in [2.45, 2.75) is 192 Å². The zero-order valence-corrected chi connectivity index (χ0v) is 43.0. The Morgan fingerprint density at radius 2 is 1.54 bits per heavy atom. The van der Waals surface area contributed by atoms with Gasteiger partial charge in [0.2, 0.25) is 0 Å². The van der Waals surface area contributed by atoms with Crippen LogP contribution in [0.4, 0.5) is 5.82 Å². The van der Waals surface area contributed by atoms with Crippen LogP contribution in [0, 0.1) is 11.8 Å². The Morgan fingerprint density at radius 3 is 2.23 bits per heavy atom. The number of Topliss-reactive ketones (excluding diaryl/α,β-unsaturated/α-hetero) is 1. The van der Waals surface area contributed by atoms with E-state index in [-0.39, 0.29) is 37.9 Å². The minimum absolute atomic E-state index is 0.0143. The van der Waals surface area contributed by atoms with Crippen molar-refractivity contribution in [1.82, 2.24) is 9.55 Å². The number of ketones is 1. The first-order chi connectivity index (χ1) is 33.9. The SMILES string of the molecule is CCCCCC/C=C\CCCCCCCC(=O)O[C@@H]1COC(=O)CCC/C=C\C[C@@H]2[C@H](n3ccc(N)nc3=O)O[C@H](COP(=O)(O)OP(=O)(O)OC1)[C@@H](O)[C@@H](O)[C@@H](/C=C/[C@@H](O)CCCCC)C(=O)C[C@@H]2O. The number of hydrogen-bond acceptors (Lipinski definition) is 18. The lowest BCUT2D eigenvalue weighted by molar-refractivity contribution is -0.186. The molecule has 0 aromatic carbocycles. The Bertz CT molecular complexity index is 2000. The number of anilines is 1. The minimum atomic E-state index is -5.72. The summed E-state index contributed by atoms with van der Waals surface area (Å²) < 4.78 is 58.9. The average molecular weight is 1050 g/mol. The lowest BCUT2D eigenvalue weighted by Gasteiger charge is -2.39. The summed E-state index contributed by atoms with van der Waals surface area (Å²) in [4.78, 5) is 78.0. The Kier molecular flexibility index (Phi) is 29.1. The fraction of sp³-hybridized carbons (Fsp3) is 0.729. The minimum Gasteiger partial charge on any atom is -0.462 e. The van der Waals surface area contributed by atoms with Crippen molar-refractivity contribution in [1.29, 1.82) is 0 Å². The number of phosphoric acid groups is 2. The summed E-state index contributed by atoms with van der Waals surface area (Å²) in [6.45, 7) is 1.39. The van der Waals surface area contributed by atoms with Crippen LogP contribution in [-0.2, 0) is 51.1 Å². The topological polar surface area (TPSA) is 323 Å². The number of rotatable bonds is 21. The van der Waals surface area contributed by atoms with Crippen LogP contribution in [-0.4, -0.2) is 114 Å². The molecule has 1 aromatic rings. The third-order valence-corrected chi connectivity index (χ3v) is 14.7. The van der Waals surface area contributed by atoms with Gasteiger partial charge in [-0.3, -0.25) is 28.0 Å². The molecule has 0 aliphatic carbocycles. The van der Waals surface area contributed by atoms with Crippen molar-refractivity contribution in [3.05, 3.63) is 59.2 Å². The van der Waals surface area contributed by atoms with Crippen molar-refractivity contribution >= 4 is 39.2 Å². The second-order valence-corrected chi connectivity index (χ2v) is 21.1. The van der Waals surface area contributed by atoms with Gasteiger partial charge in [0.05, 0.1) is 37.4 Å². The van der Waals surface area contributed by atoms with E-state index < -0.39 is 120 Å². The van der Waals surface area contributed by atoms with Crippen LogP contribution in [0.1, 0.15) is 155 Å². The zero-order chi connectivity index (χ0) is 52.2. The molecule has 11 atom stereocenters. The van der Waals surface area contributed by atoms with Gasteiger partial charge in [-0.15, -0.1) is 0 Å². The maximum absolute atomic E-state index is 13.9. The van der Waals surface area contributed by atoms with Crippen LogP contribution >= 0.6 is 15.6 Å². The average Bonchev–Trinajstić information content (AvgIpc) is 3.30. The molecule has 1 saturated heterocycles. The maximum atomic E-state index is 13.9. The van der Waals surface area contributed by atoms with Gasteiger partial charge in [-0.1, -0.05) is 108 Å². The number of allylic oxidation sites excluding steroid dienone is 4. The van der Waals surface area contributed by atoms with Crippen molar-refractivity contribution in [3.8, 4) is 0 Å². The summed E-state index contributed by atoms with van der Waals surface area (Å²) in [5.74, 6) is -5.24. The van der Waals surface area contributed by atoms with E-state index in [1.54, 1.807) is 12.2 Å². The first kappa shape index (κ1) is 61.9. The standard InChI is InChI=1S/C48H79N3O18P2/c1-3-5-7-8-9-10-11-12-13-14-15-16-22-26-44(56)67-36-32-64-43(55)25-21-18-17-20-24-38-40(54)31-39(53)37(28-27-35(52)23-19-6-4-2)45(57)46(58)41(34-66-71(62,63)69-70(60,61)65-33-36)68-47(38)51-30-29-42(49)50-48(51)59/h10-11,17,20,27-30,35-38,40-41,45-47,52,54,57-58H,3-9,12-16,18-19,21-26,31-34H2,1-2H3,(H,60,61)(H,62,63)(H2,49,50,59)/b11-10-,20-17-,28-27+/t35-,36+,37-,38-,40-,41+,45-,46+,47+/m0/s1. The molecule has 2 unspecified atom stereocenters. The molecule has 3 rings (SSSR count). The molecule has 23 heteroatoms. The van der Waals surface area contributed by atoms with Gasteiger partial charge in [0.15, 0.2) is 6.10 Å². The number of cyclic esters (lactones) is 1. The Labute approximate surface area is 417 Å². The van der Waals surface area contributed by atoms with Crippen molar-refractivity contribution in [2.75, 3.05) is 25.6 Å². The molecule has 3 heterocycles. The first-order valence-corrected chi connectivity index (χ1v) is 28.1. The van der Waals surface area contributed by atoms with E-state index in [0.717, 1.165) is 62.1 Å². The van der Waals surface area contributed by atoms with Crippen LogP contribution in [0.2, 0.25) is 0 Å². The van der Waals surface area contributed by atoms with Gasteiger partial charge in [0.25, 0.3) is 0 Å². The fourth-order valence-electron chi connectivity index (χ4n) is 8.00. The summed E-state index contributed by atoms with van der Waals surface area (Å²) >= 11 is 0.